The van der Waals surface area contributed by atoms with Crippen molar-refractivity contribution in [1.82, 2.24) is 0 Å². The Bertz CT molecular complexity index is 866. The van der Waals surface area contributed by atoms with Gasteiger partial charge >= 0.3 is 11.9 Å². The number of aliphatic hydroxyl groups is 6. The summed E-state index contributed by atoms with van der Waals surface area (Å²) in [5.74, 6) is -0.974. The number of hydrogen-bond acceptors (Lipinski definition) is 13. The summed E-state index contributed by atoms with van der Waals surface area (Å²) < 4.78 is 27.4. The first-order valence-electron chi connectivity index (χ1n) is 21.0. The quantitative estimate of drug-likeness (QED) is 0.0417. The summed E-state index contributed by atoms with van der Waals surface area (Å²) in [7, 11) is 0. The van der Waals surface area contributed by atoms with Crippen LogP contribution in [0.4, 0.5) is 0 Å². The van der Waals surface area contributed by atoms with Crippen LogP contribution in [0.5, 0.6) is 0 Å². The Morgan fingerprint density at radius 3 is 1.00 bits per heavy atom. The Labute approximate surface area is 318 Å². The van der Waals surface area contributed by atoms with Gasteiger partial charge < -0.3 is 54.3 Å². The standard InChI is InChI=1S/C40H74O13/c1-3-5-7-9-11-13-15-17-19-21-23-25-31(41)49-27-29-33(43)35(45)37(47)39(51-29)53-40-38(48)36(46)34(44)30(52-40)28-50-32(42)26-24-22-20-18-16-14-12-10-8-6-4-2/h29-30,33-40,43-48H,3-28H2,1-2H3/t29?,30?,33-,34-,35?,36?,37?,38?,39-,40-/m1/s1. The highest BCUT2D eigenvalue weighted by Crippen LogP contribution is 2.29. The van der Waals surface area contributed by atoms with Crippen LogP contribution >= 0.6 is 0 Å². The van der Waals surface area contributed by atoms with E-state index in [9.17, 15) is 40.2 Å². The summed E-state index contributed by atoms with van der Waals surface area (Å²) in [5.41, 5.74) is 0. The van der Waals surface area contributed by atoms with Crippen molar-refractivity contribution in [3.05, 3.63) is 0 Å². The Hall–Kier alpha value is -1.42. The topological polar surface area (TPSA) is 202 Å². The number of unbranched alkanes of at least 4 members (excludes halogenated alkanes) is 20. The molecule has 0 aliphatic carbocycles. The van der Waals surface area contributed by atoms with Crippen molar-refractivity contribution in [3.63, 3.8) is 0 Å². The molecule has 13 heteroatoms. The highest BCUT2D eigenvalue weighted by Gasteiger charge is 2.50. The lowest BCUT2D eigenvalue weighted by Crippen LogP contribution is -2.64. The molecule has 2 saturated heterocycles. The minimum Gasteiger partial charge on any atom is -0.463 e. The lowest BCUT2D eigenvalue weighted by Gasteiger charge is -2.44. The minimum atomic E-state index is -1.80. The Morgan fingerprint density at radius 2 is 0.698 bits per heavy atom. The predicted octanol–water partition coefficient (Wildman–Crippen LogP) is 5.11. The molecule has 2 fully saturated rings. The number of hydrogen-bond donors (Lipinski definition) is 6. The van der Waals surface area contributed by atoms with Gasteiger partial charge in [-0.25, -0.2) is 0 Å². The largest absolute Gasteiger partial charge is 0.463 e. The van der Waals surface area contributed by atoms with Crippen LogP contribution in [-0.4, -0.2) is 117 Å². The fourth-order valence-corrected chi connectivity index (χ4v) is 6.83. The van der Waals surface area contributed by atoms with Crippen LogP contribution in [0.3, 0.4) is 0 Å². The molecule has 13 nitrogen and oxygen atoms in total. The molecule has 0 aromatic heterocycles. The van der Waals surface area contributed by atoms with Crippen molar-refractivity contribution in [2.45, 2.75) is 229 Å². The van der Waals surface area contributed by atoms with Crippen LogP contribution in [0.2, 0.25) is 0 Å². The Morgan fingerprint density at radius 1 is 0.415 bits per heavy atom. The summed E-state index contributed by atoms with van der Waals surface area (Å²) >= 11 is 0. The monoisotopic (exact) mass is 763 g/mol. The van der Waals surface area contributed by atoms with Crippen molar-refractivity contribution < 1.29 is 63.9 Å². The van der Waals surface area contributed by atoms with Gasteiger partial charge in [-0.1, -0.05) is 142 Å². The second-order valence-corrected chi connectivity index (χ2v) is 15.1. The van der Waals surface area contributed by atoms with Gasteiger partial charge in [-0.15, -0.1) is 0 Å². The zero-order chi connectivity index (χ0) is 38.8. The van der Waals surface area contributed by atoms with Gasteiger partial charge in [-0.3, -0.25) is 9.59 Å². The van der Waals surface area contributed by atoms with Crippen molar-refractivity contribution in [3.8, 4) is 0 Å². The molecule has 0 radical (unpaired) electrons. The van der Waals surface area contributed by atoms with Gasteiger partial charge in [0.15, 0.2) is 12.6 Å². The van der Waals surface area contributed by atoms with Crippen molar-refractivity contribution in [1.29, 1.82) is 0 Å². The summed E-state index contributed by atoms with van der Waals surface area (Å²) in [6.07, 6.45) is 9.36. The van der Waals surface area contributed by atoms with E-state index in [0.29, 0.717) is 12.8 Å². The summed E-state index contributed by atoms with van der Waals surface area (Å²) in [4.78, 5) is 24.7. The fourth-order valence-electron chi connectivity index (χ4n) is 6.83. The maximum absolute atomic E-state index is 12.4. The minimum absolute atomic E-state index is 0.193. The van der Waals surface area contributed by atoms with Crippen LogP contribution in [0.1, 0.15) is 168 Å². The van der Waals surface area contributed by atoms with Gasteiger partial charge in [0, 0.05) is 12.8 Å². The van der Waals surface area contributed by atoms with E-state index in [1.54, 1.807) is 0 Å². The van der Waals surface area contributed by atoms with E-state index in [1.807, 2.05) is 0 Å². The van der Waals surface area contributed by atoms with E-state index in [0.717, 1.165) is 38.5 Å². The molecule has 6 unspecified atom stereocenters. The molecule has 312 valence electrons. The van der Waals surface area contributed by atoms with Crippen LogP contribution in [0.25, 0.3) is 0 Å². The van der Waals surface area contributed by atoms with Gasteiger partial charge in [0.2, 0.25) is 0 Å². The molecule has 0 bridgehead atoms. The van der Waals surface area contributed by atoms with E-state index in [1.165, 1.54) is 89.9 Å². The zero-order valence-electron chi connectivity index (χ0n) is 32.7. The third-order valence-electron chi connectivity index (χ3n) is 10.4. The molecule has 0 spiro atoms. The normalized spacial score (nSPS) is 28.9. The van der Waals surface area contributed by atoms with Gasteiger partial charge in [-0.05, 0) is 12.8 Å². The van der Waals surface area contributed by atoms with Crippen LogP contribution in [-0.2, 0) is 33.3 Å². The predicted molar refractivity (Wildman–Crippen MR) is 199 cm³/mol. The molecule has 2 aliphatic rings. The molecule has 6 N–H and O–H groups in total. The van der Waals surface area contributed by atoms with Gasteiger partial charge in [0.1, 0.15) is 62.0 Å². The first kappa shape index (κ1) is 47.7. The second kappa shape index (κ2) is 28.9. The highest BCUT2D eigenvalue weighted by molar-refractivity contribution is 5.69. The number of carbonyl (C=O) groups excluding carboxylic acids is 2. The first-order chi connectivity index (χ1) is 25.6. The summed E-state index contributed by atoms with van der Waals surface area (Å²) in [6, 6.07) is 0. The van der Waals surface area contributed by atoms with Crippen molar-refractivity contribution in [2.75, 3.05) is 13.2 Å². The maximum Gasteiger partial charge on any atom is 0.305 e. The van der Waals surface area contributed by atoms with E-state index in [4.69, 9.17) is 23.7 Å². The Kier molecular flexibility index (Phi) is 26.0. The van der Waals surface area contributed by atoms with Gasteiger partial charge in [0.05, 0.1) is 0 Å². The number of aliphatic hydroxyl groups excluding tert-OH is 6. The van der Waals surface area contributed by atoms with Crippen LogP contribution in [0.15, 0.2) is 0 Å². The lowest BCUT2D eigenvalue weighted by atomic mass is 9.98. The molecule has 2 heterocycles. The molecule has 10 atom stereocenters. The van der Waals surface area contributed by atoms with E-state index < -0.39 is 86.6 Å². The van der Waals surface area contributed by atoms with E-state index >= 15 is 0 Å². The lowest BCUT2D eigenvalue weighted by molar-refractivity contribution is -0.376. The molecular formula is C40H74O13. The third kappa shape index (κ3) is 19.3. The highest BCUT2D eigenvalue weighted by atomic mass is 16.8. The molecule has 2 rings (SSSR count). The Balaban J connectivity index is 1.70. The summed E-state index contributed by atoms with van der Waals surface area (Å²) in [6.45, 7) is 3.58. The van der Waals surface area contributed by atoms with E-state index in [2.05, 4.69) is 13.8 Å². The van der Waals surface area contributed by atoms with Gasteiger partial charge in [0.25, 0.3) is 0 Å². The summed E-state index contributed by atoms with van der Waals surface area (Å²) in [5, 5.41) is 63.1. The number of carbonyl (C=O) groups is 2. The smallest absolute Gasteiger partial charge is 0.305 e. The number of ether oxygens (including phenoxy) is 5. The molecule has 0 aromatic rings. The fraction of sp³-hybridized carbons (Fsp3) is 0.950. The number of rotatable bonds is 30. The molecule has 2 aliphatic heterocycles. The van der Waals surface area contributed by atoms with Crippen molar-refractivity contribution >= 4 is 11.9 Å². The molecule has 0 aromatic carbocycles. The average Bonchev–Trinajstić information content (AvgIpc) is 3.15. The van der Waals surface area contributed by atoms with Crippen LogP contribution in [0, 0.1) is 0 Å². The van der Waals surface area contributed by atoms with Crippen LogP contribution < -0.4 is 0 Å². The SMILES string of the molecule is CCCCCCCCCCCCCC(=O)OCC1O[C@H](O[C@H]2OC(COC(=O)CCCCCCCCCCCCC)[C@@H](O)C(O)C2O)C(O)C(O)[C@@H]1O. The molecule has 0 saturated carbocycles. The van der Waals surface area contributed by atoms with E-state index in [-0.39, 0.29) is 12.8 Å². The molecule has 0 amide bonds. The van der Waals surface area contributed by atoms with Crippen molar-refractivity contribution in [2.24, 2.45) is 0 Å². The first-order valence-corrected chi connectivity index (χ1v) is 21.0. The average molecular weight is 763 g/mol. The number of esters is 2. The zero-order valence-corrected chi connectivity index (χ0v) is 32.7. The second-order valence-electron chi connectivity index (χ2n) is 15.1. The molecule has 53 heavy (non-hydrogen) atoms. The molecular weight excluding hydrogens is 688 g/mol. The maximum atomic E-state index is 12.4. The van der Waals surface area contributed by atoms with Gasteiger partial charge in [-0.2, -0.15) is 0 Å². The third-order valence-corrected chi connectivity index (χ3v) is 10.4.